The molecule has 0 aliphatic carbocycles. The van der Waals surface area contributed by atoms with Crippen LogP contribution in [-0.4, -0.2) is 18.0 Å². The Bertz CT molecular complexity index is 130. The fourth-order valence-corrected chi connectivity index (χ4v) is 1.17. The molecule has 0 aromatic heterocycles. The molecule has 1 heterocycles. The van der Waals surface area contributed by atoms with Crippen molar-refractivity contribution in [3.63, 3.8) is 0 Å². The van der Waals surface area contributed by atoms with E-state index in [2.05, 4.69) is 23.3 Å². The molecular formula is C9H15N. The maximum absolute atomic E-state index is 2.36. The number of likely N-dealkylation sites (tertiary alicyclic amines) is 1. The van der Waals surface area contributed by atoms with E-state index >= 15 is 0 Å². The summed E-state index contributed by atoms with van der Waals surface area (Å²) in [7, 11) is 0. The lowest BCUT2D eigenvalue weighted by atomic mass is 10.4. The first-order valence-corrected chi connectivity index (χ1v) is 3.97. The Balaban J connectivity index is 2.22. The van der Waals surface area contributed by atoms with E-state index in [0.29, 0.717) is 0 Å². The molecule has 0 saturated carbocycles. The number of nitrogens with zero attached hydrogens (tertiary/aromatic N) is 1. The van der Waals surface area contributed by atoms with Gasteiger partial charge < -0.3 is 4.90 Å². The molecule has 1 aliphatic heterocycles. The van der Waals surface area contributed by atoms with Crippen LogP contribution in [0.4, 0.5) is 0 Å². The number of rotatable bonds is 2. The fourth-order valence-electron chi connectivity index (χ4n) is 1.17. The lowest BCUT2D eigenvalue weighted by Crippen LogP contribution is -2.09. The van der Waals surface area contributed by atoms with Crippen LogP contribution in [0, 0.1) is 0 Å². The van der Waals surface area contributed by atoms with E-state index in [4.69, 9.17) is 0 Å². The summed E-state index contributed by atoms with van der Waals surface area (Å²) in [6, 6.07) is 0. The van der Waals surface area contributed by atoms with Gasteiger partial charge in [0.15, 0.2) is 0 Å². The maximum Gasteiger partial charge on any atom is 0.0173 e. The third-order valence-electron chi connectivity index (χ3n) is 1.74. The highest BCUT2D eigenvalue weighted by atomic mass is 15.1. The zero-order valence-corrected chi connectivity index (χ0v) is 6.59. The van der Waals surface area contributed by atoms with Crippen LogP contribution >= 0.6 is 0 Å². The average molecular weight is 137 g/mol. The van der Waals surface area contributed by atoms with Gasteiger partial charge in [0.25, 0.3) is 0 Å². The molecule has 1 fully saturated rings. The van der Waals surface area contributed by atoms with Crippen molar-refractivity contribution in [1.29, 1.82) is 0 Å². The lowest BCUT2D eigenvalue weighted by molar-refractivity contribution is 0.468. The van der Waals surface area contributed by atoms with E-state index in [1.165, 1.54) is 25.9 Å². The van der Waals surface area contributed by atoms with E-state index < -0.39 is 0 Å². The Morgan fingerprint density at radius 3 is 2.40 bits per heavy atom. The van der Waals surface area contributed by atoms with E-state index in [1.807, 2.05) is 13.0 Å². The van der Waals surface area contributed by atoms with E-state index in [0.717, 1.165) is 0 Å². The van der Waals surface area contributed by atoms with Crippen molar-refractivity contribution < 1.29 is 0 Å². The van der Waals surface area contributed by atoms with Crippen LogP contribution in [0.3, 0.4) is 0 Å². The van der Waals surface area contributed by atoms with Crippen LogP contribution in [-0.2, 0) is 0 Å². The van der Waals surface area contributed by atoms with Gasteiger partial charge in [0.05, 0.1) is 0 Å². The molecule has 0 amide bonds. The molecule has 1 saturated heterocycles. The van der Waals surface area contributed by atoms with Gasteiger partial charge in [-0.25, -0.2) is 0 Å². The molecule has 1 aliphatic rings. The minimum atomic E-state index is 1.24. The van der Waals surface area contributed by atoms with Gasteiger partial charge in [0.2, 0.25) is 0 Å². The molecule has 0 aromatic rings. The molecule has 1 rings (SSSR count). The predicted octanol–water partition coefficient (Wildman–Crippen LogP) is 2.17. The molecule has 0 unspecified atom stereocenters. The largest absolute Gasteiger partial charge is 0.377 e. The van der Waals surface area contributed by atoms with Gasteiger partial charge >= 0.3 is 0 Å². The van der Waals surface area contributed by atoms with Crippen molar-refractivity contribution in [2.45, 2.75) is 19.8 Å². The molecular weight excluding hydrogens is 122 g/mol. The van der Waals surface area contributed by atoms with Crippen molar-refractivity contribution in [3.8, 4) is 0 Å². The fraction of sp³-hybridized carbons (Fsp3) is 0.556. The Morgan fingerprint density at radius 2 is 1.80 bits per heavy atom. The summed E-state index contributed by atoms with van der Waals surface area (Å²) >= 11 is 0. The summed E-state index contributed by atoms with van der Waals surface area (Å²) in [6.45, 7) is 4.52. The van der Waals surface area contributed by atoms with E-state index in [9.17, 15) is 0 Å². The van der Waals surface area contributed by atoms with Gasteiger partial charge in [-0.15, -0.1) is 0 Å². The van der Waals surface area contributed by atoms with Crippen molar-refractivity contribution in [2.24, 2.45) is 0 Å². The van der Waals surface area contributed by atoms with Gasteiger partial charge in [-0.3, -0.25) is 0 Å². The van der Waals surface area contributed by atoms with E-state index in [-0.39, 0.29) is 0 Å². The molecule has 0 spiro atoms. The molecule has 0 aromatic carbocycles. The first-order chi connectivity index (χ1) is 4.93. The Hall–Kier alpha value is -0.720. The first-order valence-electron chi connectivity index (χ1n) is 3.97. The van der Waals surface area contributed by atoms with Gasteiger partial charge in [-0.2, -0.15) is 0 Å². The van der Waals surface area contributed by atoms with Crippen molar-refractivity contribution in [1.82, 2.24) is 4.90 Å². The summed E-state index contributed by atoms with van der Waals surface area (Å²) in [5, 5.41) is 0. The van der Waals surface area contributed by atoms with Crippen LogP contribution in [0.15, 0.2) is 24.4 Å². The SMILES string of the molecule is C/C=C/C=C/N1CCCC1. The third-order valence-corrected chi connectivity index (χ3v) is 1.74. The summed E-state index contributed by atoms with van der Waals surface area (Å²) in [5.41, 5.74) is 0. The topological polar surface area (TPSA) is 3.24 Å². The standard InChI is InChI=1S/C9H15N/c1-2-3-4-7-10-8-5-6-9-10/h2-4,7H,5-6,8-9H2,1H3/b3-2+,7-4+. The minimum Gasteiger partial charge on any atom is -0.377 e. The monoisotopic (exact) mass is 137 g/mol. The Labute approximate surface area is 63.0 Å². The smallest absolute Gasteiger partial charge is 0.0173 e. The van der Waals surface area contributed by atoms with E-state index in [1.54, 1.807) is 0 Å². The normalized spacial score (nSPS) is 19.9. The van der Waals surface area contributed by atoms with Crippen molar-refractivity contribution in [2.75, 3.05) is 13.1 Å². The zero-order chi connectivity index (χ0) is 7.23. The molecule has 10 heavy (non-hydrogen) atoms. The van der Waals surface area contributed by atoms with Gasteiger partial charge in [-0.05, 0) is 32.0 Å². The highest BCUT2D eigenvalue weighted by Crippen LogP contribution is 2.06. The highest BCUT2D eigenvalue weighted by molar-refractivity contribution is 5.01. The van der Waals surface area contributed by atoms with Gasteiger partial charge in [-0.1, -0.05) is 12.2 Å². The highest BCUT2D eigenvalue weighted by Gasteiger charge is 2.04. The molecule has 0 atom stereocenters. The van der Waals surface area contributed by atoms with Crippen LogP contribution in [0.1, 0.15) is 19.8 Å². The summed E-state index contributed by atoms with van der Waals surface area (Å²) < 4.78 is 0. The minimum absolute atomic E-state index is 1.24. The molecule has 0 radical (unpaired) electrons. The van der Waals surface area contributed by atoms with Crippen molar-refractivity contribution >= 4 is 0 Å². The zero-order valence-electron chi connectivity index (χ0n) is 6.59. The summed E-state index contributed by atoms with van der Waals surface area (Å²) in [6.07, 6.45) is 11.1. The molecule has 56 valence electrons. The lowest BCUT2D eigenvalue weighted by Gasteiger charge is -2.08. The van der Waals surface area contributed by atoms with Crippen LogP contribution in [0.5, 0.6) is 0 Å². The molecule has 1 heteroatoms. The van der Waals surface area contributed by atoms with Gasteiger partial charge in [0, 0.05) is 13.1 Å². The Morgan fingerprint density at radius 1 is 1.10 bits per heavy atom. The summed E-state index contributed by atoms with van der Waals surface area (Å²) in [5.74, 6) is 0. The maximum atomic E-state index is 2.36. The van der Waals surface area contributed by atoms with Crippen LogP contribution in [0.2, 0.25) is 0 Å². The second-order valence-electron chi connectivity index (χ2n) is 2.61. The molecule has 0 bridgehead atoms. The molecule has 1 nitrogen and oxygen atoms in total. The predicted molar refractivity (Wildman–Crippen MR) is 44.8 cm³/mol. The third kappa shape index (κ3) is 2.26. The number of hydrogen-bond acceptors (Lipinski definition) is 1. The van der Waals surface area contributed by atoms with Crippen LogP contribution < -0.4 is 0 Å². The van der Waals surface area contributed by atoms with Gasteiger partial charge in [0.1, 0.15) is 0 Å². The second kappa shape index (κ2) is 4.15. The second-order valence-corrected chi connectivity index (χ2v) is 2.61. The Kier molecular flexibility index (Phi) is 3.07. The number of hydrogen-bond donors (Lipinski definition) is 0. The number of allylic oxidation sites excluding steroid dienone is 3. The van der Waals surface area contributed by atoms with Crippen LogP contribution in [0.25, 0.3) is 0 Å². The summed E-state index contributed by atoms with van der Waals surface area (Å²) in [4.78, 5) is 2.36. The first kappa shape index (κ1) is 7.39. The molecule has 0 N–H and O–H groups in total. The average Bonchev–Trinajstić information content (AvgIpc) is 2.41. The van der Waals surface area contributed by atoms with Crippen molar-refractivity contribution in [3.05, 3.63) is 24.4 Å². The quantitative estimate of drug-likeness (QED) is 0.527.